The Balaban J connectivity index is 1.74. The van der Waals surface area contributed by atoms with Crippen LogP contribution in [0.4, 0.5) is 0 Å². The lowest BCUT2D eigenvalue weighted by molar-refractivity contribution is 0.665. The minimum atomic E-state index is 0.570. The molecule has 0 amide bonds. The van der Waals surface area contributed by atoms with E-state index >= 15 is 0 Å². The van der Waals surface area contributed by atoms with Gasteiger partial charge in [0.1, 0.15) is 0 Å². The third-order valence-electron chi connectivity index (χ3n) is 6.60. The predicted octanol–water partition coefficient (Wildman–Crippen LogP) is 8.41. The van der Waals surface area contributed by atoms with Crippen LogP contribution in [0.2, 0.25) is 0 Å². The fourth-order valence-electron chi connectivity index (χ4n) is 4.60. The summed E-state index contributed by atoms with van der Waals surface area (Å²) in [5.74, 6) is 2.88. The molecule has 3 aromatic carbocycles. The van der Waals surface area contributed by atoms with Gasteiger partial charge in [0, 0.05) is 16.8 Å². The van der Waals surface area contributed by atoms with Gasteiger partial charge in [-0.05, 0) is 47.9 Å². The van der Waals surface area contributed by atoms with Crippen LogP contribution in [0.3, 0.4) is 0 Å². The minimum Gasteiger partial charge on any atom is -0.275 e. The van der Waals surface area contributed by atoms with Crippen LogP contribution in [0, 0.1) is 0 Å². The van der Waals surface area contributed by atoms with Gasteiger partial charge in [-0.15, -0.1) is 10.2 Å². The van der Waals surface area contributed by atoms with Crippen molar-refractivity contribution < 1.29 is 0 Å². The zero-order valence-corrected chi connectivity index (χ0v) is 20.3. The second-order valence-electron chi connectivity index (χ2n) is 9.14. The van der Waals surface area contributed by atoms with Gasteiger partial charge in [0.15, 0.2) is 11.6 Å². The first-order valence-electron chi connectivity index (χ1n) is 12.3. The molecule has 0 saturated heterocycles. The Morgan fingerprint density at radius 2 is 1.03 bits per heavy atom. The molecule has 2 atom stereocenters. The van der Waals surface area contributed by atoms with E-state index in [4.69, 9.17) is 0 Å². The SMILES string of the molecule is CCC[C@@H](C)c1ccc(-c2nnc(-c3ccc([C@H](C)CCC)cc3)n2-c2ccccc2)cc1. The Hall–Kier alpha value is -3.20. The first-order chi connectivity index (χ1) is 16.1. The maximum atomic E-state index is 4.65. The molecule has 0 unspecified atom stereocenters. The number of hydrogen-bond acceptors (Lipinski definition) is 2. The highest BCUT2D eigenvalue weighted by molar-refractivity contribution is 5.67. The lowest BCUT2D eigenvalue weighted by Crippen LogP contribution is -2.01. The third kappa shape index (κ3) is 5.08. The molecule has 0 fully saturated rings. The maximum Gasteiger partial charge on any atom is 0.168 e. The van der Waals surface area contributed by atoms with E-state index in [1.807, 2.05) is 6.07 Å². The van der Waals surface area contributed by atoms with Crippen LogP contribution in [0.5, 0.6) is 0 Å². The molecule has 0 saturated carbocycles. The highest BCUT2D eigenvalue weighted by Gasteiger charge is 2.18. The van der Waals surface area contributed by atoms with Gasteiger partial charge in [0.2, 0.25) is 0 Å². The van der Waals surface area contributed by atoms with Crippen molar-refractivity contribution in [2.24, 2.45) is 0 Å². The molecule has 0 aliphatic carbocycles. The zero-order chi connectivity index (χ0) is 23.2. The lowest BCUT2D eigenvalue weighted by Gasteiger charge is -2.14. The number of benzene rings is 3. The standard InChI is InChI=1S/C30H35N3/c1-5-10-22(3)24-14-18-26(19-15-24)29-31-32-30(33(29)28-12-8-7-9-13-28)27-20-16-25(17-21-27)23(4)11-6-2/h7-9,12-23H,5-6,10-11H2,1-4H3/t22-,23-/m1/s1. The Morgan fingerprint density at radius 1 is 0.606 bits per heavy atom. The zero-order valence-electron chi connectivity index (χ0n) is 20.3. The summed E-state index contributed by atoms with van der Waals surface area (Å²) in [7, 11) is 0. The molecule has 4 rings (SSSR count). The number of aromatic nitrogens is 3. The van der Waals surface area contributed by atoms with Gasteiger partial charge < -0.3 is 0 Å². The van der Waals surface area contributed by atoms with Crippen LogP contribution < -0.4 is 0 Å². The van der Waals surface area contributed by atoms with Crippen molar-refractivity contribution in [2.75, 3.05) is 0 Å². The van der Waals surface area contributed by atoms with E-state index in [9.17, 15) is 0 Å². The normalized spacial score (nSPS) is 13.1. The lowest BCUT2D eigenvalue weighted by atomic mass is 9.95. The molecule has 3 nitrogen and oxygen atoms in total. The van der Waals surface area contributed by atoms with Crippen molar-refractivity contribution in [2.45, 2.75) is 65.2 Å². The highest BCUT2D eigenvalue weighted by Crippen LogP contribution is 2.31. The Labute approximate surface area is 198 Å². The molecule has 0 spiro atoms. The molecule has 0 aliphatic rings. The van der Waals surface area contributed by atoms with Gasteiger partial charge in [-0.25, -0.2) is 0 Å². The third-order valence-corrected chi connectivity index (χ3v) is 6.60. The fraction of sp³-hybridized carbons (Fsp3) is 0.333. The number of rotatable bonds is 9. The smallest absolute Gasteiger partial charge is 0.168 e. The van der Waals surface area contributed by atoms with E-state index < -0.39 is 0 Å². The van der Waals surface area contributed by atoms with E-state index in [0.717, 1.165) is 28.5 Å². The van der Waals surface area contributed by atoms with Gasteiger partial charge >= 0.3 is 0 Å². The molecule has 0 radical (unpaired) electrons. The molecule has 1 heterocycles. The molecule has 0 bridgehead atoms. The van der Waals surface area contributed by atoms with Crippen LogP contribution >= 0.6 is 0 Å². The summed E-state index contributed by atoms with van der Waals surface area (Å²) in [4.78, 5) is 0. The molecule has 3 heteroatoms. The fourth-order valence-corrected chi connectivity index (χ4v) is 4.60. The van der Waals surface area contributed by atoms with Gasteiger partial charge in [0.05, 0.1) is 0 Å². The molecule has 1 aromatic heterocycles. The summed E-state index contributed by atoms with van der Waals surface area (Å²) >= 11 is 0. The monoisotopic (exact) mass is 437 g/mol. The van der Waals surface area contributed by atoms with Crippen LogP contribution in [0.15, 0.2) is 78.9 Å². The predicted molar refractivity (Wildman–Crippen MR) is 139 cm³/mol. The van der Waals surface area contributed by atoms with Crippen LogP contribution in [0.1, 0.15) is 76.3 Å². The number of nitrogens with zero attached hydrogens (tertiary/aromatic N) is 3. The second kappa shape index (κ2) is 10.6. The Kier molecular flexibility index (Phi) is 7.39. The average Bonchev–Trinajstić information content (AvgIpc) is 3.30. The molecule has 33 heavy (non-hydrogen) atoms. The van der Waals surface area contributed by atoms with Gasteiger partial charge in [-0.3, -0.25) is 4.57 Å². The van der Waals surface area contributed by atoms with E-state index in [-0.39, 0.29) is 0 Å². The quantitative estimate of drug-likeness (QED) is 0.263. The minimum absolute atomic E-state index is 0.570. The van der Waals surface area contributed by atoms with Crippen molar-refractivity contribution in [3.05, 3.63) is 90.0 Å². The summed E-state index contributed by atoms with van der Waals surface area (Å²) in [6.45, 7) is 9.08. The topological polar surface area (TPSA) is 30.7 Å². The van der Waals surface area contributed by atoms with Crippen LogP contribution in [0.25, 0.3) is 28.5 Å². The highest BCUT2D eigenvalue weighted by atomic mass is 15.3. The summed E-state index contributed by atoms with van der Waals surface area (Å²) in [5.41, 5.74) is 5.99. The summed E-state index contributed by atoms with van der Waals surface area (Å²) in [5, 5.41) is 9.30. The summed E-state index contributed by atoms with van der Waals surface area (Å²) in [6, 6.07) is 28.1. The average molecular weight is 438 g/mol. The number of hydrogen-bond donors (Lipinski definition) is 0. The van der Waals surface area contributed by atoms with E-state index in [1.54, 1.807) is 0 Å². The van der Waals surface area contributed by atoms with Crippen molar-refractivity contribution in [1.82, 2.24) is 14.8 Å². The van der Waals surface area contributed by atoms with E-state index in [2.05, 4.69) is 115 Å². The molecule has 170 valence electrons. The Bertz CT molecular complexity index is 1070. The molecular formula is C30H35N3. The van der Waals surface area contributed by atoms with Crippen molar-refractivity contribution in [3.63, 3.8) is 0 Å². The van der Waals surface area contributed by atoms with Crippen molar-refractivity contribution in [1.29, 1.82) is 0 Å². The Morgan fingerprint density at radius 3 is 1.42 bits per heavy atom. The van der Waals surface area contributed by atoms with Gasteiger partial charge in [0.25, 0.3) is 0 Å². The first-order valence-corrected chi connectivity index (χ1v) is 12.3. The largest absolute Gasteiger partial charge is 0.275 e. The summed E-state index contributed by atoms with van der Waals surface area (Å²) < 4.78 is 2.18. The van der Waals surface area contributed by atoms with E-state index in [0.29, 0.717) is 11.8 Å². The summed E-state index contributed by atoms with van der Waals surface area (Å²) in [6.07, 6.45) is 4.81. The molecule has 0 N–H and O–H groups in total. The molecule has 4 aromatic rings. The van der Waals surface area contributed by atoms with E-state index in [1.165, 1.54) is 36.8 Å². The maximum absolute atomic E-state index is 4.65. The molecular weight excluding hydrogens is 402 g/mol. The van der Waals surface area contributed by atoms with Crippen LogP contribution in [-0.2, 0) is 0 Å². The number of para-hydroxylation sites is 1. The van der Waals surface area contributed by atoms with Crippen molar-refractivity contribution >= 4 is 0 Å². The van der Waals surface area contributed by atoms with Crippen LogP contribution in [-0.4, -0.2) is 14.8 Å². The first kappa shape index (κ1) is 23.0. The molecule has 0 aliphatic heterocycles. The second-order valence-corrected chi connectivity index (χ2v) is 9.14. The van der Waals surface area contributed by atoms with Crippen molar-refractivity contribution in [3.8, 4) is 28.5 Å². The van der Waals surface area contributed by atoms with Gasteiger partial charge in [-0.1, -0.05) is 107 Å². The van der Waals surface area contributed by atoms with Gasteiger partial charge in [-0.2, -0.15) is 0 Å².